The van der Waals surface area contributed by atoms with Gasteiger partial charge in [-0.15, -0.1) is 0 Å². The van der Waals surface area contributed by atoms with Crippen LogP contribution in [-0.2, 0) is 10.0 Å². The highest BCUT2D eigenvalue weighted by Gasteiger charge is 2.29. The lowest BCUT2D eigenvalue weighted by Crippen LogP contribution is -2.50. The predicted molar refractivity (Wildman–Crippen MR) is 65.7 cm³/mol. The Morgan fingerprint density at radius 2 is 2.11 bits per heavy atom. The summed E-state index contributed by atoms with van der Waals surface area (Å²) in [7, 11) is -3.47. The van der Waals surface area contributed by atoms with Gasteiger partial charge in [0, 0.05) is 26.2 Å². The number of rotatable bonds is 4. The van der Waals surface area contributed by atoms with Crippen LogP contribution in [0.3, 0.4) is 0 Å². The van der Waals surface area contributed by atoms with Crippen LogP contribution in [0, 0.1) is 5.41 Å². The van der Waals surface area contributed by atoms with Crippen molar-refractivity contribution in [1.29, 1.82) is 5.41 Å². The molecule has 0 aromatic carbocycles. The van der Waals surface area contributed by atoms with Gasteiger partial charge in [0.05, 0.1) is 12.7 Å². The molecule has 1 fully saturated rings. The van der Waals surface area contributed by atoms with Crippen molar-refractivity contribution in [3.05, 3.63) is 12.3 Å². The van der Waals surface area contributed by atoms with E-state index in [2.05, 4.69) is 10.2 Å². The zero-order chi connectivity index (χ0) is 13.2. The number of aromatic nitrogens is 2. The molecule has 4 N–H and O–H groups in total. The van der Waals surface area contributed by atoms with Gasteiger partial charge in [0.25, 0.3) is 10.0 Å². The SMILES string of the molecule is N=C(N)CN1CCN(S(=O)(=O)c2ccn[nH]2)CC1. The van der Waals surface area contributed by atoms with Gasteiger partial charge in [-0.3, -0.25) is 15.4 Å². The highest BCUT2D eigenvalue weighted by molar-refractivity contribution is 7.89. The first-order chi connectivity index (χ1) is 8.50. The number of sulfonamides is 1. The van der Waals surface area contributed by atoms with E-state index in [1.807, 2.05) is 4.90 Å². The Hall–Kier alpha value is -1.45. The molecule has 1 saturated heterocycles. The molecule has 0 atom stereocenters. The molecule has 0 bridgehead atoms. The van der Waals surface area contributed by atoms with E-state index in [1.165, 1.54) is 16.6 Å². The minimum Gasteiger partial charge on any atom is -0.387 e. The number of amidine groups is 1. The summed E-state index contributed by atoms with van der Waals surface area (Å²) in [4.78, 5) is 1.96. The third-order valence-electron chi connectivity index (χ3n) is 2.82. The average molecular weight is 272 g/mol. The second-order valence-corrected chi connectivity index (χ2v) is 6.03. The van der Waals surface area contributed by atoms with Crippen LogP contribution in [0.2, 0.25) is 0 Å². The van der Waals surface area contributed by atoms with Crippen LogP contribution in [0.25, 0.3) is 0 Å². The summed E-state index contributed by atoms with van der Waals surface area (Å²) < 4.78 is 25.7. The summed E-state index contributed by atoms with van der Waals surface area (Å²) >= 11 is 0. The molecule has 100 valence electrons. The zero-order valence-electron chi connectivity index (χ0n) is 9.83. The Balaban J connectivity index is 2.00. The first kappa shape index (κ1) is 13.0. The van der Waals surface area contributed by atoms with Gasteiger partial charge in [0.1, 0.15) is 5.84 Å². The molecule has 1 aliphatic rings. The van der Waals surface area contributed by atoms with Crippen molar-refractivity contribution < 1.29 is 8.42 Å². The summed E-state index contributed by atoms with van der Waals surface area (Å²) in [5.41, 5.74) is 5.32. The Kier molecular flexibility index (Phi) is 3.64. The third-order valence-corrected chi connectivity index (χ3v) is 4.65. The van der Waals surface area contributed by atoms with Crippen molar-refractivity contribution in [2.24, 2.45) is 5.73 Å². The summed E-state index contributed by atoms with van der Waals surface area (Å²) in [6.07, 6.45) is 1.42. The predicted octanol–water partition coefficient (Wildman–Crippen LogP) is -1.35. The van der Waals surface area contributed by atoms with E-state index in [0.717, 1.165) is 0 Å². The van der Waals surface area contributed by atoms with E-state index < -0.39 is 10.0 Å². The minimum atomic E-state index is -3.47. The first-order valence-corrected chi connectivity index (χ1v) is 6.99. The first-order valence-electron chi connectivity index (χ1n) is 5.55. The summed E-state index contributed by atoms with van der Waals surface area (Å²) in [6, 6.07) is 1.44. The molecule has 2 heterocycles. The van der Waals surface area contributed by atoms with Crippen LogP contribution in [0.1, 0.15) is 0 Å². The van der Waals surface area contributed by atoms with Gasteiger partial charge in [-0.2, -0.15) is 9.40 Å². The molecule has 0 spiro atoms. The lowest BCUT2D eigenvalue weighted by Gasteiger charge is -2.33. The van der Waals surface area contributed by atoms with E-state index in [0.29, 0.717) is 32.7 Å². The van der Waals surface area contributed by atoms with Crippen molar-refractivity contribution in [2.45, 2.75) is 5.03 Å². The molecule has 0 radical (unpaired) electrons. The largest absolute Gasteiger partial charge is 0.387 e. The Labute approximate surface area is 105 Å². The highest BCUT2D eigenvalue weighted by Crippen LogP contribution is 2.14. The van der Waals surface area contributed by atoms with Crippen LogP contribution in [0.5, 0.6) is 0 Å². The zero-order valence-corrected chi connectivity index (χ0v) is 10.7. The number of H-pyrrole nitrogens is 1. The summed E-state index contributed by atoms with van der Waals surface area (Å²) in [5.74, 6) is 0.0971. The van der Waals surface area contributed by atoms with E-state index >= 15 is 0 Å². The molecule has 0 aliphatic carbocycles. The van der Waals surface area contributed by atoms with E-state index in [-0.39, 0.29) is 10.9 Å². The van der Waals surface area contributed by atoms with Crippen LogP contribution < -0.4 is 5.73 Å². The van der Waals surface area contributed by atoms with Gasteiger partial charge < -0.3 is 5.73 Å². The number of nitrogens with two attached hydrogens (primary N) is 1. The lowest BCUT2D eigenvalue weighted by atomic mass is 10.3. The second-order valence-electron chi connectivity index (χ2n) is 4.13. The molecule has 18 heavy (non-hydrogen) atoms. The van der Waals surface area contributed by atoms with E-state index in [4.69, 9.17) is 11.1 Å². The number of nitrogens with one attached hydrogen (secondary N) is 2. The van der Waals surface area contributed by atoms with Crippen molar-refractivity contribution in [1.82, 2.24) is 19.4 Å². The van der Waals surface area contributed by atoms with Crippen molar-refractivity contribution in [3.8, 4) is 0 Å². The molecule has 8 nitrogen and oxygen atoms in total. The van der Waals surface area contributed by atoms with Crippen molar-refractivity contribution in [2.75, 3.05) is 32.7 Å². The number of piperazine rings is 1. The Morgan fingerprint density at radius 3 is 2.61 bits per heavy atom. The summed E-state index contributed by atoms with van der Waals surface area (Å²) in [5, 5.41) is 13.4. The quantitative estimate of drug-likeness (QED) is 0.462. The van der Waals surface area contributed by atoms with Crippen LogP contribution in [0.4, 0.5) is 0 Å². The molecule has 0 unspecified atom stereocenters. The maximum atomic E-state index is 12.1. The third kappa shape index (κ3) is 2.68. The number of nitrogens with zero attached hydrogens (tertiary/aromatic N) is 3. The molecule has 0 amide bonds. The van der Waals surface area contributed by atoms with Gasteiger partial charge in [-0.05, 0) is 6.07 Å². The van der Waals surface area contributed by atoms with Gasteiger partial charge in [0.2, 0.25) is 0 Å². The monoisotopic (exact) mass is 272 g/mol. The molecule has 0 saturated carbocycles. The smallest absolute Gasteiger partial charge is 0.260 e. The van der Waals surface area contributed by atoms with Crippen LogP contribution in [-0.4, -0.2) is 66.4 Å². The van der Waals surface area contributed by atoms with Gasteiger partial charge >= 0.3 is 0 Å². The molecular formula is C9H16N6O2S. The second kappa shape index (κ2) is 5.04. The molecule has 1 aromatic rings. The fourth-order valence-corrected chi connectivity index (χ4v) is 3.22. The highest BCUT2D eigenvalue weighted by atomic mass is 32.2. The Morgan fingerprint density at radius 1 is 1.44 bits per heavy atom. The summed E-state index contributed by atoms with van der Waals surface area (Å²) in [6.45, 7) is 2.33. The maximum Gasteiger partial charge on any atom is 0.260 e. The normalized spacial score (nSPS) is 18.9. The van der Waals surface area contributed by atoms with Gasteiger partial charge in [-0.25, -0.2) is 8.42 Å². The molecule has 1 aliphatic heterocycles. The fourth-order valence-electron chi connectivity index (χ4n) is 1.89. The fraction of sp³-hybridized carbons (Fsp3) is 0.556. The van der Waals surface area contributed by atoms with Crippen molar-refractivity contribution in [3.63, 3.8) is 0 Å². The molecular weight excluding hydrogens is 256 g/mol. The Bertz CT molecular complexity index is 503. The number of aromatic amines is 1. The maximum absolute atomic E-state index is 12.1. The van der Waals surface area contributed by atoms with Crippen molar-refractivity contribution >= 4 is 15.9 Å². The molecule has 2 rings (SSSR count). The lowest BCUT2D eigenvalue weighted by molar-refractivity contribution is 0.208. The molecule has 1 aromatic heterocycles. The van der Waals surface area contributed by atoms with Crippen LogP contribution >= 0.6 is 0 Å². The average Bonchev–Trinajstić information content (AvgIpc) is 2.83. The van der Waals surface area contributed by atoms with E-state index in [1.54, 1.807) is 0 Å². The number of hydrogen-bond acceptors (Lipinski definition) is 5. The molecule has 9 heteroatoms. The van der Waals surface area contributed by atoms with E-state index in [9.17, 15) is 8.42 Å². The standard InChI is InChI=1S/C9H16N6O2S/c10-8(11)7-14-3-5-15(6-4-14)18(16,17)9-1-2-12-13-9/h1-2H,3-7H2,(H3,10,11)(H,12,13). The minimum absolute atomic E-state index is 0.0971. The van der Waals surface area contributed by atoms with Gasteiger partial charge in [-0.1, -0.05) is 0 Å². The number of hydrogen-bond donors (Lipinski definition) is 3. The van der Waals surface area contributed by atoms with Crippen LogP contribution in [0.15, 0.2) is 17.3 Å². The topological polar surface area (TPSA) is 119 Å². The van der Waals surface area contributed by atoms with Gasteiger partial charge in [0.15, 0.2) is 5.03 Å².